The lowest BCUT2D eigenvalue weighted by Gasteiger charge is -2.70. The van der Waals surface area contributed by atoms with Crippen molar-refractivity contribution in [1.29, 1.82) is 0 Å². The minimum atomic E-state index is -0.457. The molecule has 4 fully saturated rings. The number of hydrogen-bond donors (Lipinski definition) is 1. The Morgan fingerprint density at radius 2 is 1.57 bits per heavy atom. The number of hydrogen-bond acceptors (Lipinski definition) is 4. The first kappa shape index (κ1) is 31.5. The Morgan fingerprint density at radius 3 is 2.25 bits per heavy atom. The number of amides is 1. The molecule has 1 aromatic carbocycles. The molecule has 0 saturated heterocycles. The number of esters is 1. The fraction of sp³-hybridized carbons (Fsp3) is 0.718. The zero-order valence-electron chi connectivity index (χ0n) is 28.5. The molecule has 0 radical (unpaired) electrons. The van der Waals surface area contributed by atoms with Gasteiger partial charge in [0.25, 0.3) is 0 Å². The highest BCUT2D eigenvalue weighted by Crippen LogP contribution is 2.75. The molecule has 6 rings (SSSR count). The van der Waals surface area contributed by atoms with Crippen LogP contribution in [0.1, 0.15) is 119 Å². The molecule has 0 unspecified atom stereocenters. The van der Waals surface area contributed by atoms with Gasteiger partial charge in [0.1, 0.15) is 6.10 Å². The summed E-state index contributed by atoms with van der Waals surface area (Å²) in [5, 5.41) is 3.26. The maximum absolute atomic E-state index is 14.7. The van der Waals surface area contributed by atoms with Crippen LogP contribution >= 0.6 is 0 Å². The summed E-state index contributed by atoms with van der Waals surface area (Å²) in [6.45, 7) is 18.5. The molecule has 1 N–H and O–H groups in total. The van der Waals surface area contributed by atoms with Crippen LogP contribution in [0.5, 0.6) is 0 Å². The predicted molar refractivity (Wildman–Crippen MR) is 173 cm³/mol. The summed E-state index contributed by atoms with van der Waals surface area (Å²) in [6, 6.07) is 10.1. The minimum absolute atomic E-state index is 0.0476. The molecule has 0 aromatic heterocycles. The van der Waals surface area contributed by atoms with Crippen LogP contribution in [0.4, 0.5) is 0 Å². The molecule has 0 bridgehead atoms. The molecule has 5 aliphatic rings. The summed E-state index contributed by atoms with van der Waals surface area (Å²) in [7, 11) is 0. The molecular weight excluding hydrogens is 546 g/mol. The van der Waals surface area contributed by atoms with Gasteiger partial charge in [0.2, 0.25) is 5.91 Å². The van der Waals surface area contributed by atoms with Crippen molar-refractivity contribution in [3.05, 3.63) is 47.5 Å². The summed E-state index contributed by atoms with van der Waals surface area (Å²) in [5.41, 5.74) is 1.55. The lowest BCUT2D eigenvalue weighted by molar-refractivity contribution is -0.210. The average molecular weight is 602 g/mol. The van der Waals surface area contributed by atoms with E-state index in [0.29, 0.717) is 18.2 Å². The van der Waals surface area contributed by atoms with E-state index in [-0.39, 0.29) is 56.9 Å². The lowest BCUT2D eigenvalue weighted by atomic mass is 9.33. The normalized spacial score (nSPS) is 44.2. The van der Waals surface area contributed by atoms with Crippen molar-refractivity contribution >= 4 is 17.7 Å². The predicted octanol–water partition coefficient (Wildman–Crippen LogP) is 8.22. The Balaban J connectivity index is 1.32. The van der Waals surface area contributed by atoms with E-state index in [4.69, 9.17) is 4.74 Å². The van der Waals surface area contributed by atoms with E-state index < -0.39 is 5.41 Å². The van der Waals surface area contributed by atoms with Crippen LogP contribution in [0.25, 0.3) is 0 Å². The molecule has 44 heavy (non-hydrogen) atoms. The second-order valence-electron chi connectivity index (χ2n) is 17.4. The summed E-state index contributed by atoms with van der Waals surface area (Å²) >= 11 is 0. The number of ketones is 1. The number of ether oxygens (including phenoxy) is 1. The summed E-state index contributed by atoms with van der Waals surface area (Å²) in [4.78, 5) is 40.4. The van der Waals surface area contributed by atoms with Crippen LogP contribution < -0.4 is 5.32 Å². The molecule has 9 atom stereocenters. The van der Waals surface area contributed by atoms with Crippen LogP contribution in [0.2, 0.25) is 0 Å². The fourth-order valence-electron chi connectivity index (χ4n) is 11.8. The Labute approximate surface area is 265 Å². The van der Waals surface area contributed by atoms with Crippen LogP contribution in [0, 0.1) is 50.2 Å². The maximum atomic E-state index is 14.7. The first-order valence-corrected chi connectivity index (χ1v) is 17.3. The van der Waals surface area contributed by atoms with E-state index in [1.807, 2.05) is 18.2 Å². The van der Waals surface area contributed by atoms with Gasteiger partial charge in [0.05, 0.1) is 0 Å². The second kappa shape index (κ2) is 10.3. The third-order valence-electron chi connectivity index (χ3n) is 14.7. The van der Waals surface area contributed by atoms with E-state index >= 15 is 0 Å². The van der Waals surface area contributed by atoms with Crippen molar-refractivity contribution in [1.82, 2.24) is 5.32 Å². The first-order chi connectivity index (χ1) is 20.5. The van der Waals surface area contributed by atoms with Gasteiger partial charge in [0.15, 0.2) is 5.78 Å². The number of carbonyl (C=O) groups excluding carboxylic acids is 3. The third-order valence-corrected chi connectivity index (χ3v) is 14.7. The Hall–Kier alpha value is -2.43. The Kier molecular flexibility index (Phi) is 7.38. The molecule has 240 valence electrons. The van der Waals surface area contributed by atoms with Gasteiger partial charge in [-0.05, 0) is 103 Å². The largest absolute Gasteiger partial charge is 0.462 e. The molecular formula is C39H55NO4. The van der Waals surface area contributed by atoms with Crippen molar-refractivity contribution in [3.8, 4) is 0 Å². The average Bonchev–Trinajstić information content (AvgIpc) is 2.95. The van der Waals surface area contributed by atoms with Crippen LogP contribution in [-0.4, -0.2) is 23.8 Å². The standard InChI is InChI=1S/C39H55NO4/c1-25(41)44-31-15-16-37(6)30(34(31,2)3)14-17-39(8)32(37)29(42)22-27-28-23-36(5,19-18-35(28,4)20-21-38(27,39)7)33(43)40-24-26-12-10-9-11-13-26/h9-13,22,28,30-32H,14-21,23-24H2,1-8H3,(H,40,43)/t28-,30-,31-,32-,35-,36+,37+,38+,39-/m1/s1. The first-order valence-electron chi connectivity index (χ1n) is 17.3. The molecule has 5 nitrogen and oxygen atoms in total. The monoisotopic (exact) mass is 601 g/mol. The van der Waals surface area contributed by atoms with E-state index in [9.17, 15) is 14.4 Å². The van der Waals surface area contributed by atoms with E-state index in [1.54, 1.807) is 0 Å². The summed E-state index contributed by atoms with van der Waals surface area (Å²) in [5.74, 6) is 0.731. The number of carbonyl (C=O) groups is 3. The third kappa shape index (κ3) is 4.48. The van der Waals surface area contributed by atoms with Crippen LogP contribution in [0.15, 0.2) is 42.0 Å². The smallest absolute Gasteiger partial charge is 0.302 e. The number of fused-ring (bicyclic) bond motifs is 7. The van der Waals surface area contributed by atoms with Gasteiger partial charge in [-0.2, -0.15) is 0 Å². The quantitative estimate of drug-likeness (QED) is 0.353. The number of benzene rings is 1. The summed E-state index contributed by atoms with van der Waals surface area (Å²) < 4.78 is 5.88. The van der Waals surface area contributed by atoms with Crippen molar-refractivity contribution in [2.24, 2.45) is 50.2 Å². The zero-order chi connectivity index (χ0) is 31.9. The Bertz CT molecular complexity index is 1380. The molecule has 1 aromatic rings. The van der Waals surface area contributed by atoms with E-state index in [1.165, 1.54) is 12.5 Å². The highest BCUT2D eigenvalue weighted by Gasteiger charge is 2.70. The van der Waals surface area contributed by atoms with Gasteiger partial charge >= 0.3 is 5.97 Å². The van der Waals surface area contributed by atoms with Crippen molar-refractivity contribution in [3.63, 3.8) is 0 Å². The van der Waals surface area contributed by atoms with Gasteiger partial charge in [-0.25, -0.2) is 0 Å². The van der Waals surface area contributed by atoms with Gasteiger partial charge in [-0.1, -0.05) is 84.4 Å². The molecule has 0 heterocycles. The van der Waals surface area contributed by atoms with Crippen molar-refractivity contribution in [2.75, 3.05) is 0 Å². The van der Waals surface area contributed by atoms with Crippen LogP contribution in [-0.2, 0) is 25.7 Å². The molecule has 5 heteroatoms. The SMILES string of the molecule is CC(=O)O[C@@H]1CC[C@@]2(C)[C@H](CC[C@]3(C)[C@@H]2C(=O)C=C2[C@H]4C[C@@](C)(C(=O)NCc5ccccc5)CC[C@]4(C)CC[C@@]23C)C1(C)C. The highest BCUT2D eigenvalue weighted by molar-refractivity contribution is 5.95. The maximum Gasteiger partial charge on any atom is 0.302 e. The minimum Gasteiger partial charge on any atom is -0.462 e. The van der Waals surface area contributed by atoms with Crippen LogP contribution in [0.3, 0.4) is 0 Å². The molecule has 5 aliphatic carbocycles. The Morgan fingerprint density at radius 1 is 0.886 bits per heavy atom. The van der Waals surface area contributed by atoms with E-state index in [2.05, 4.69) is 72.0 Å². The van der Waals surface area contributed by atoms with Gasteiger partial charge in [0, 0.05) is 30.2 Å². The fourth-order valence-corrected chi connectivity index (χ4v) is 11.8. The van der Waals surface area contributed by atoms with Gasteiger partial charge in [-0.3, -0.25) is 14.4 Å². The van der Waals surface area contributed by atoms with E-state index in [0.717, 1.165) is 63.4 Å². The lowest BCUT2D eigenvalue weighted by Crippen LogP contribution is -2.66. The van der Waals surface area contributed by atoms with Crippen molar-refractivity contribution in [2.45, 2.75) is 126 Å². The highest BCUT2D eigenvalue weighted by atomic mass is 16.5. The van der Waals surface area contributed by atoms with Gasteiger partial charge < -0.3 is 10.1 Å². The number of rotatable bonds is 4. The van der Waals surface area contributed by atoms with Crippen molar-refractivity contribution < 1.29 is 19.1 Å². The summed E-state index contributed by atoms with van der Waals surface area (Å²) in [6.07, 6.45) is 10.7. The molecule has 4 saturated carbocycles. The second-order valence-corrected chi connectivity index (χ2v) is 17.4. The molecule has 1 amide bonds. The zero-order valence-corrected chi connectivity index (χ0v) is 28.5. The molecule has 0 spiro atoms. The number of nitrogens with one attached hydrogen (secondary N) is 1. The molecule has 0 aliphatic heterocycles. The number of allylic oxidation sites excluding steroid dienone is 2. The topological polar surface area (TPSA) is 72.5 Å². The van der Waals surface area contributed by atoms with Gasteiger partial charge in [-0.15, -0.1) is 0 Å².